The summed E-state index contributed by atoms with van der Waals surface area (Å²) < 4.78 is 7.25. The van der Waals surface area contributed by atoms with E-state index in [0.29, 0.717) is 41.1 Å². The van der Waals surface area contributed by atoms with Gasteiger partial charge < -0.3 is 24.8 Å². The Labute approximate surface area is 225 Å². The van der Waals surface area contributed by atoms with E-state index in [-0.39, 0.29) is 18.0 Å². The number of anilines is 1. The lowest BCUT2D eigenvalue weighted by Gasteiger charge is -2.40. The fourth-order valence-corrected chi connectivity index (χ4v) is 5.99. The molecule has 2 heterocycles. The molecule has 9 nitrogen and oxygen atoms in total. The number of aryl methyl sites for hydroxylation is 2. The highest BCUT2D eigenvalue weighted by atomic mass is 16.5. The predicted octanol–water partition coefficient (Wildman–Crippen LogP) is 3.77. The Hall–Kier alpha value is -3.33. The van der Waals surface area contributed by atoms with Crippen LogP contribution < -0.4 is 20.5 Å². The van der Waals surface area contributed by atoms with E-state index in [0.717, 1.165) is 41.5 Å². The fourth-order valence-electron chi connectivity index (χ4n) is 5.99. The van der Waals surface area contributed by atoms with Gasteiger partial charge in [-0.25, -0.2) is 0 Å². The number of carbonyl (C=O) groups excluding carboxylic acids is 1. The van der Waals surface area contributed by atoms with Crippen LogP contribution in [0, 0.1) is 6.92 Å². The molecular formula is C29H42N6O3. The van der Waals surface area contributed by atoms with E-state index in [1.54, 1.807) is 13.0 Å². The number of hydrogen-bond acceptors (Lipinski definition) is 6. The van der Waals surface area contributed by atoms with Crippen LogP contribution in [0.1, 0.15) is 66.7 Å². The third-order valence-corrected chi connectivity index (χ3v) is 8.07. The highest BCUT2D eigenvalue weighted by molar-refractivity contribution is 6.05. The van der Waals surface area contributed by atoms with E-state index < -0.39 is 0 Å². The summed E-state index contributed by atoms with van der Waals surface area (Å²) in [5, 5.41) is 8.62. The monoisotopic (exact) mass is 522 g/mol. The van der Waals surface area contributed by atoms with Crippen LogP contribution in [-0.4, -0.2) is 65.4 Å². The maximum atomic E-state index is 13.7. The predicted molar refractivity (Wildman–Crippen MR) is 152 cm³/mol. The summed E-state index contributed by atoms with van der Waals surface area (Å²) in [5.41, 5.74) is 4.54. The van der Waals surface area contributed by atoms with Gasteiger partial charge in [0.05, 0.1) is 36.6 Å². The van der Waals surface area contributed by atoms with Crippen molar-refractivity contribution in [1.82, 2.24) is 25.0 Å². The van der Waals surface area contributed by atoms with Crippen LogP contribution in [0.4, 0.5) is 5.69 Å². The second kappa shape index (κ2) is 11.6. The van der Waals surface area contributed by atoms with Crippen LogP contribution in [0.3, 0.4) is 0 Å². The number of methoxy groups -OCH3 is 1. The van der Waals surface area contributed by atoms with Crippen molar-refractivity contribution < 1.29 is 9.53 Å². The van der Waals surface area contributed by atoms with Crippen LogP contribution in [-0.2, 0) is 20.0 Å². The smallest absolute Gasteiger partial charge is 0.256 e. The lowest BCUT2D eigenvalue weighted by Crippen LogP contribution is -2.42. The fraction of sp³-hybridized carbons (Fsp3) is 0.552. The number of carbonyl (C=O) groups is 1. The second-order valence-corrected chi connectivity index (χ2v) is 10.5. The SMILES string of the molecule is CCc1c(C(=O)NCc2c(OC)cc(C)[nH]c2=O)cc2c(cnn2C)c1N(CC)C1CCC(N(C)C)CC1. The van der Waals surface area contributed by atoms with Gasteiger partial charge in [-0.3, -0.25) is 14.3 Å². The van der Waals surface area contributed by atoms with Crippen LogP contribution >= 0.6 is 0 Å². The van der Waals surface area contributed by atoms with E-state index in [2.05, 4.69) is 53.1 Å². The van der Waals surface area contributed by atoms with Gasteiger partial charge in [0.25, 0.3) is 11.5 Å². The molecule has 0 bridgehead atoms. The van der Waals surface area contributed by atoms with Gasteiger partial charge in [0.1, 0.15) is 5.75 Å². The van der Waals surface area contributed by atoms with E-state index in [4.69, 9.17) is 4.74 Å². The lowest BCUT2D eigenvalue weighted by atomic mass is 9.88. The molecule has 0 saturated heterocycles. The van der Waals surface area contributed by atoms with Crippen molar-refractivity contribution in [1.29, 1.82) is 0 Å². The maximum Gasteiger partial charge on any atom is 0.256 e. The van der Waals surface area contributed by atoms with Gasteiger partial charge in [-0.15, -0.1) is 0 Å². The molecule has 1 aliphatic carbocycles. The molecule has 0 radical (unpaired) electrons. The highest BCUT2D eigenvalue weighted by Crippen LogP contribution is 2.38. The Morgan fingerprint density at radius 2 is 1.84 bits per heavy atom. The molecule has 1 saturated carbocycles. The molecule has 0 aliphatic heterocycles. The van der Waals surface area contributed by atoms with Crippen molar-refractivity contribution in [3.8, 4) is 5.75 Å². The van der Waals surface area contributed by atoms with Gasteiger partial charge in [0.15, 0.2) is 0 Å². The minimum Gasteiger partial charge on any atom is -0.496 e. The third-order valence-electron chi connectivity index (χ3n) is 8.07. The molecule has 4 rings (SSSR count). The summed E-state index contributed by atoms with van der Waals surface area (Å²) in [6, 6.07) is 4.74. The zero-order valence-electron chi connectivity index (χ0n) is 23.9. The number of ether oxygens (including phenoxy) is 1. The molecule has 1 aliphatic rings. The van der Waals surface area contributed by atoms with E-state index >= 15 is 0 Å². The van der Waals surface area contributed by atoms with Crippen molar-refractivity contribution in [3.63, 3.8) is 0 Å². The molecule has 9 heteroatoms. The number of amides is 1. The van der Waals surface area contributed by atoms with Gasteiger partial charge in [-0.05, 0) is 77.7 Å². The number of nitrogens with one attached hydrogen (secondary N) is 2. The topological polar surface area (TPSA) is 95.5 Å². The van der Waals surface area contributed by atoms with Gasteiger partial charge in [-0.1, -0.05) is 6.92 Å². The summed E-state index contributed by atoms with van der Waals surface area (Å²) in [5.74, 6) is 0.260. The molecule has 0 atom stereocenters. The van der Waals surface area contributed by atoms with E-state index in [1.165, 1.54) is 20.0 Å². The van der Waals surface area contributed by atoms with Crippen molar-refractivity contribution in [2.24, 2.45) is 7.05 Å². The summed E-state index contributed by atoms with van der Waals surface area (Å²) in [6.07, 6.45) is 7.21. The number of aromatic nitrogens is 3. The van der Waals surface area contributed by atoms with Crippen molar-refractivity contribution in [2.45, 2.75) is 71.5 Å². The molecule has 0 spiro atoms. The number of nitrogens with zero attached hydrogens (tertiary/aromatic N) is 4. The summed E-state index contributed by atoms with van der Waals surface area (Å²) >= 11 is 0. The normalized spacial score (nSPS) is 17.7. The quantitative estimate of drug-likeness (QED) is 0.444. The molecule has 38 heavy (non-hydrogen) atoms. The first-order valence-corrected chi connectivity index (χ1v) is 13.7. The van der Waals surface area contributed by atoms with Crippen molar-refractivity contribution in [3.05, 3.63) is 51.1 Å². The summed E-state index contributed by atoms with van der Waals surface area (Å²) in [4.78, 5) is 33.9. The molecule has 0 unspecified atom stereocenters. The molecule has 206 valence electrons. The zero-order chi connectivity index (χ0) is 27.6. The first-order valence-electron chi connectivity index (χ1n) is 13.7. The van der Waals surface area contributed by atoms with E-state index in [9.17, 15) is 9.59 Å². The second-order valence-electron chi connectivity index (χ2n) is 10.5. The Balaban J connectivity index is 1.72. The average molecular weight is 523 g/mol. The third kappa shape index (κ3) is 5.29. The lowest BCUT2D eigenvalue weighted by molar-refractivity contribution is 0.0949. The Morgan fingerprint density at radius 1 is 1.16 bits per heavy atom. The summed E-state index contributed by atoms with van der Waals surface area (Å²) in [7, 11) is 7.77. The molecule has 3 aromatic rings. The number of fused-ring (bicyclic) bond motifs is 1. The Bertz CT molecular complexity index is 1350. The number of hydrogen-bond donors (Lipinski definition) is 2. The number of rotatable bonds is 9. The summed E-state index contributed by atoms with van der Waals surface area (Å²) in [6.45, 7) is 7.03. The van der Waals surface area contributed by atoms with E-state index in [1.807, 2.05) is 24.0 Å². The number of H-pyrrole nitrogens is 1. The van der Waals surface area contributed by atoms with Crippen LogP contribution in [0.25, 0.3) is 10.9 Å². The molecule has 1 fully saturated rings. The zero-order valence-corrected chi connectivity index (χ0v) is 23.9. The van der Waals surface area contributed by atoms with Gasteiger partial charge in [0, 0.05) is 42.3 Å². The van der Waals surface area contributed by atoms with Crippen LogP contribution in [0.5, 0.6) is 5.75 Å². The number of benzene rings is 1. The van der Waals surface area contributed by atoms with Gasteiger partial charge in [-0.2, -0.15) is 5.10 Å². The Kier molecular flexibility index (Phi) is 8.45. The Morgan fingerprint density at radius 3 is 2.45 bits per heavy atom. The molecule has 1 amide bonds. The van der Waals surface area contributed by atoms with Gasteiger partial charge in [0.2, 0.25) is 0 Å². The largest absolute Gasteiger partial charge is 0.496 e. The van der Waals surface area contributed by atoms with Gasteiger partial charge >= 0.3 is 0 Å². The minimum absolute atomic E-state index is 0.0750. The molecular weight excluding hydrogens is 480 g/mol. The van der Waals surface area contributed by atoms with Crippen LogP contribution in [0.15, 0.2) is 23.1 Å². The van der Waals surface area contributed by atoms with Crippen molar-refractivity contribution in [2.75, 3.05) is 32.6 Å². The number of aromatic amines is 1. The maximum absolute atomic E-state index is 13.7. The molecule has 2 aromatic heterocycles. The van der Waals surface area contributed by atoms with Crippen molar-refractivity contribution >= 4 is 22.5 Å². The first kappa shape index (κ1) is 27.7. The first-order chi connectivity index (χ1) is 18.2. The molecule has 2 N–H and O–H groups in total. The molecule has 1 aromatic carbocycles. The highest BCUT2D eigenvalue weighted by Gasteiger charge is 2.30. The standard InChI is InChI=1S/C29H42N6O3/c1-8-21-22(28(36)30-16-24-26(38-7)14-18(3)32-29(24)37)15-25-23(17-31-34(25)6)27(21)35(9-2)20-12-10-19(11-13-20)33(4)5/h14-15,17,19-20H,8-13,16H2,1-7H3,(H,30,36)(H,32,37). The van der Waals surface area contributed by atoms with Crippen LogP contribution in [0.2, 0.25) is 0 Å². The minimum atomic E-state index is -0.258. The average Bonchev–Trinajstić information content (AvgIpc) is 3.28. The number of pyridine rings is 1.